The Morgan fingerprint density at radius 3 is 3.13 bits per heavy atom. The number of hydrogen-bond donors (Lipinski definition) is 1. The molecule has 0 spiro atoms. The van der Waals surface area contributed by atoms with Crippen LogP contribution in [0, 0.1) is 5.92 Å². The van der Waals surface area contributed by atoms with E-state index in [1.807, 2.05) is 0 Å². The van der Waals surface area contributed by atoms with Gasteiger partial charge in [-0.3, -0.25) is 9.69 Å². The van der Waals surface area contributed by atoms with Gasteiger partial charge in [0.2, 0.25) is 0 Å². The van der Waals surface area contributed by atoms with Crippen molar-refractivity contribution in [2.45, 2.75) is 13.0 Å². The molecule has 82 valence electrons. The predicted octanol–water partition coefficient (Wildman–Crippen LogP) is 1.70. The van der Waals surface area contributed by atoms with E-state index < -0.39 is 5.97 Å². The summed E-state index contributed by atoms with van der Waals surface area (Å²) in [6.45, 7) is 2.15. The second-order valence-electron chi connectivity index (χ2n) is 3.62. The summed E-state index contributed by atoms with van der Waals surface area (Å²) in [4.78, 5) is 17.0. The minimum Gasteiger partial charge on any atom is -0.481 e. The summed E-state index contributed by atoms with van der Waals surface area (Å²) >= 11 is 7.22. The van der Waals surface area contributed by atoms with Gasteiger partial charge in [-0.2, -0.15) is 0 Å². The van der Waals surface area contributed by atoms with Gasteiger partial charge in [0, 0.05) is 6.54 Å². The lowest BCUT2D eigenvalue weighted by atomic mass is 10.1. The zero-order valence-electron chi connectivity index (χ0n) is 8.02. The zero-order valence-corrected chi connectivity index (χ0v) is 9.59. The maximum Gasteiger partial charge on any atom is 0.307 e. The van der Waals surface area contributed by atoms with Gasteiger partial charge in [-0.15, -0.1) is 11.3 Å². The largest absolute Gasteiger partial charge is 0.481 e. The van der Waals surface area contributed by atoms with Crippen molar-refractivity contribution in [2.24, 2.45) is 5.92 Å². The molecule has 1 N–H and O–H groups in total. The van der Waals surface area contributed by atoms with Crippen LogP contribution in [0.25, 0.3) is 0 Å². The molecular weight excluding hydrogens is 236 g/mol. The van der Waals surface area contributed by atoms with Crippen molar-refractivity contribution in [1.82, 2.24) is 9.88 Å². The highest BCUT2D eigenvalue weighted by Crippen LogP contribution is 2.23. The number of carboxylic acids is 1. The van der Waals surface area contributed by atoms with E-state index in [0.717, 1.165) is 18.0 Å². The van der Waals surface area contributed by atoms with Crippen molar-refractivity contribution >= 4 is 28.9 Å². The number of halogens is 1. The highest BCUT2D eigenvalue weighted by Gasteiger charge is 2.28. The number of thiazole rings is 1. The Morgan fingerprint density at radius 1 is 1.80 bits per heavy atom. The molecule has 1 aliphatic heterocycles. The molecule has 1 aromatic rings. The normalized spacial score (nSPS) is 22.1. The molecule has 6 heteroatoms. The van der Waals surface area contributed by atoms with Crippen LogP contribution in [0.2, 0.25) is 4.34 Å². The summed E-state index contributed by atoms with van der Waals surface area (Å²) in [7, 11) is 0. The highest BCUT2D eigenvalue weighted by atomic mass is 35.5. The summed E-state index contributed by atoms with van der Waals surface area (Å²) in [5.74, 6) is -0.921. The van der Waals surface area contributed by atoms with E-state index in [1.54, 1.807) is 6.20 Å². The summed E-state index contributed by atoms with van der Waals surface area (Å²) in [6.07, 6.45) is 2.36. The van der Waals surface area contributed by atoms with Gasteiger partial charge in [0.25, 0.3) is 0 Å². The molecule has 1 saturated heterocycles. The van der Waals surface area contributed by atoms with E-state index in [0.29, 0.717) is 17.4 Å². The summed E-state index contributed by atoms with van der Waals surface area (Å²) < 4.78 is 0.680. The Bertz CT molecular complexity index is 369. The molecule has 4 nitrogen and oxygen atoms in total. The number of hydrogen-bond acceptors (Lipinski definition) is 4. The summed E-state index contributed by atoms with van der Waals surface area (Å²) in [5.41, 5.74) is 0. The SMILES string of the molecule is O=C(O)C1CCN(Cc2ncc(Cl)s2)C1. The van der Waals surface area contributed by atoms with Crippen molar-refractivity contribution < 1.29 is 9.90 Å². The highest BCUT2D eigenvalue weighted by molar-refractivity contribution is 7.15. The molecular formula is C9H11ClN2O2S. The molecule has 0 saturated carbocycles. The third-order valence-corrected chi connectivity index (χ3v) is 3.61. The molecule has 0 amide bonds. The van der Waals surface area contributed by atoms with Crippen molar-refractivity contribution in [1.29, 1.82) is 0 Å². The van der Waals surface area contributed by atoms with Gasteiger partial charge in [-0.25, -0.2) is 4.98 Å². The van der Waals surface area contributed by atoms with E-state index in [1.165, 1.54) is 11.3 Å². The van der Waals surface area contributed by atoms with Gasteiger partial charge in [-0.05, 0) is 13.0 Å². The first-order chi connectivity index (χ1) is 7.15. The molecule has 1 aliphatic rings. The van der Waals surface area contributed by atoms with Crippen molar-refractivity contribution in [3.8, 4) is 0 Å². The van der Waals surface area contributed by atoms with Gasteiger partial charge in [-0.1, -0.05) is 11.6 Å². The molecule has 1 aromatic heterocycles. The third kappa shape index (κ3) is 2.68. The molecule has 2 heterocycles. The number of likely N-dealkylation sites (tertiary alicyclic amines) is 1. The Morgan fingerprint density at radius 2 is 2.60 bits per heavy atom. The van der Waals surface area contributed by atoms with E-state index in [9.17, 15) is 4.79 Å². The molecule has 0 bridgehead atoms. The number of rotatable bonds is 3. The molecule has 0 aliphatic carbocycles. The minimum atomic E-state index is -0.699. The average molecular weight is 247 g/mol. The fourth-order valence-corrected chi connectivity index (χ4v) is 2.73. The first-order valence-corrected chi connectivity index (χ1v) is 5.90. The van der Waals surface area contributed by atoms with Crippen LogP contribution in [0.1, 0.15) is 11.4 Å². The van der Waals surface area contributed by atoms with Crippen LogP contribution < -0.4 is 0 Å². The third-order valence-electron chi connectivity index (χ3n) is 2.51. The number of aliphatic carboxylic acids is 1. The molecule has 1 unspecified atom stereocenters. The van der Waals surface area contributed by atoms with Crippen molar-refractivity contribution in [3.63, 3.8) is 0 Å². The maximum absolute atomic E-state index is 10.7. The van der Waals surface area contributed by atoms with E-state index in [-0.39, 0.29) is 5.92 Å². The van der Waals surface area contributed by atoms with E-state index in [4.69, 9.17) is 16.7 Å². The predicted molar refractivity (Wildman–Crippen MR) is 58.1 cm³/mol. The Labute approximate surface area is 96.5 Å². The second kappa shape index (κ2) is 4.47. The van der Waals surface area contributed by atoms with Crippen molar-refractivity contribution in [2.75, 3.05) is 13.1 Å². The summed E-state index contributed by atoms with van der Waals surface area (Å²) in [5, 5.41) is 9.79. The molecule has 1 atom stereocenters. The fourth-order valence-electron chi connectivity index (χ4n) is 1.73. The number of carboxylic acid groups (broad SMARTS) is 1. The van der Waals surface area contributed by atoms with Crippen LogP contribution in [0.4, 0.5) is 0 Å². The lowest BCUT2D eigenvalue weighted by molar-refractivity contribution is -0.141. The van der Waals surface area contributed by atoms with Gasteiger partial charge in [0.05, 0.1) is 18.7 Å². The van der Waals surface area contributed by atoms with Crippen LogP contribution in [-0.4, -0.2) is 34.0 Å². The quantitative estimate of drug-likeness (QED) is 0.882. The first kappa shape index (κ1) is 10.9. The number of aromatic nitrogens is 1. The van der Waals surface area contributed by atoms with Crippen LogP contribution in [0.5, 0.6) is 0 Å². The fraction of sp³-hybridized carbons (Fsp3) is 0.556. The molecule has 0 radical (unpaired) electrons. The monoisotopic (exact) mass is 246 g/mol. The molecule has 15 heavy (non-hydrogen) atoms. The number of nitrogens with zero attached hydrogens (tertiary/aromatic N) is 2. The smallest absolute Gasteiger partial charge is 0.307 e. The minimum absolute atomic E-state index is 0.222. The Balaban J connectivity index is 1.90. The summed E-state index contributed by atoms with van der Waals surface area (Å²) in [6, 6.07) is 0. The standard InChI is InChI=1S/C9H11ClN2O2S/c10-7-3-11-8(15-7)5-12-2-1-6(4-12)9(13)14/h3,6H,1-2,4-5H2,(H,13,14). The van der Waals surface area contributed by atoms with Gasteiger partial charge in [0.1, 0.15) is 9.34 Å². The van der Waals surface area contributed by atoms with Gasteiger partial charge < -0.3 is 5.11 Å². The first-order valence-electron chi connectivity index (χ1n) is 4.70. The van der Waals surface area contributed by atoms with Crippen LogP contribution >= 0.6 is 22.9 Å². The van der Waals surface area contributed by atoms with Crippen LogP contribution in [-0.2, 0) is 11.3 Å². The Kier molecular flexibility index (Phi) is 3.23. The van der Waals surface area contributed by atoms with Gasteiger partial charge >= 0.3 is 5.97 Å². The van der Waals surface area contributed by atoms with Crippen LogP contribution in [0.15, 0.2) is 6.20 Å². The topological polar surface area (TPSA) is 53.4 Å². The lowest BCUT2D eigenvalue weighted by Gasteiger charge is -2.12. The van der Waals surface area contributed by atoms with E-state index in [2.05, 4.69) is 9.88 Å². The second-order valence-corrected chi connectivity index (χ2v) is 5.36. The number of carbonyl (C=O) groups is 1. The molecule has 2 rings (SSSR count). The van der Waals surface area contributed by atoms with Crippen LogP contribution in [0.3, 0.4) is 0 Å². The van der Waals surface area contributed by atoms with Crippen molar-refractivity contribution in [3.05, 3.63) is 15.5 Å². The molecule has 1 fully saturated rings. The van der Waals surface area contributed by atoms with Gasteiger partial charge in [0.15, 0.2) is 0 Å². The Hall–Kier alpha value is -0.650. The van der Waals surface area contributed by atoms with E-state index >= 15 is 0 Å². The zero-order chi connectivity index (χ0) is 10.8. The molecule has 0 aromatic carbocycles. The lowest BCUT2D eigenvalue weighted by Crippen LogP contribution is -2.22. The average Bonchev–Trinajstić information content (AvgIpc) is 2.76. The maximum atomic E-state index is 10.7.